The lowest BCUT2D eigenvalue weighted by Gasteiger charge is -2.07. The number of benzene rings is 1. The first kappa shape index (κ1) is 15.8. The van der Waals surface area contributed by atoms with Crippen LogP contribution in [0.5, 0.6) is 5.75 Å². The molecule has 1 aliphatic heterocycles. The smallest absolute Gasteiger partial charge is 0.174 e. The van der Waals surface area contributed by atoms with E-state index in [0.29, 0.717) is 11.4 Å². The molecule has 0 spiro atoms. The first-order valence-electron chi connectivity index (χ1n) is 7.60. The van der Waals surface area contributed by atoms with Crippen molar-refractivity contribution in [2.75, 3.05) is 7.11 Å². The van der Waals surface area contributed by atoms with Crippen molar-refractivity contribution in [3.63, 3.8) is 0 Å². The predicted octanol–water partition coefficient (Wildman–Crippen LogP) is 3.84. The van der Waals surface area contributed by atoms with Gasteiger partial charge in [0.1, 0.15) is 17.6 Å². The Balaban J connectivity index is 1.99. The van der Waals surface area contributed by atoms with Crippen LogP contribution in [0.2, 0.25) is 0 Å². The van der Waals surface area contributed by atoms with Crippen molar-refractivity contribution in [1.82, 2.24) is 14.8 Å². The fraction of sp³-hybridized carbons (Fsp3) is 0.353. The summed E-state index contributed by atoms with van der Waals surface area (Å²) in [4.78, 5) is 0. The fourth-order valence-electron chi connectivity index (χ4n) is 2.77. The number of aromatic nitrogens is 3. The molecule has 2 aromatic rings. The zero-order valence-electron chi connectivity index (χ0n) is 12.9. The third kappa shape index (κ3) is 3.30. The molecule has 0 aliphatic carbocycles. The van der Waals surface area contributed by atoms with Crippen LogP contribution < -0.4 is 4.74 Å². The van der Waals surface area contributed by atoms with E-state index in [9.17, 15) is 5.26 Å². The molecule has 0 amide bonds. The second-order valence-corrected chi connectivity index (χ2v) is 6.32. The Kier molecular flexibility index (Phi) is 4.77. The lowest BCUT2D eigenvalue weighted by atomic mass is 10.1. The Bertz CT molecular complexity index is 788. The Morgan fingerprint density at radius 2 is 2.22 bits per heavy atom. The normalized spacial score (nSPS) is 14.7. The Morgan fingerprint density at radius 3 is 2.96 bits per heavy atom. The maximum Gasteiger partial charge on any atom is 0.174 e. The summed E-state index contributed by atoms with van der Waals surface area (Å²) in [6.07, 6.45) is 6.20. The third-order valence-electron chi connectivity index (χ3n) is 3.96. The van der Waals surface area contributed by atoms with Gasteiger partial charge in [-0.25, -0.2) is 0 Å². The highest BCUT2D eigenvalue weighted by atomic mass is 79.9. The first-order valence-corrected chi connectivity index (χ1v) is 8.40. The zero-order valence-corrected chi connectivity index (χ0v) is 14.5. The van der Waals surface area contributed by atoms with Gasteiger partial charge in [-0.1, -0.05) is 12.5 Å². The summed E-state index contributed by atoms with van der Waals surface area (Å²) in [7, 11) is 1.63. The average Bonchev–Trinajstić information content (AvgIpc) is 2.81. The molecule has 5 nitrogen and oxygen atoms in total. The Morgan fingerprint density at radius 1 is 1.35 bits per heavy atom. The van der Waals surface area contributed by atoms with Crippen LogP contribution in [-0.2, 0) is 13.0 Å². The summed E-state index contributed by atoms with van der Waals surface area (Å²) in [5.41, 5.74) is 1.45. The topological polar surface area (TPSA) is 63.7 Å². The van der Waals surface area contributed by atoms with Crippen LogP contribution in [0, 0.1) is 11.3 Å². The number of ether oxygens (including phenoxy) is 1. The van der Waals surface area contributed by atoms with Crippen LogP contribution in [0.3, 0.4) is 0 Å². The standard InChI is InChI=1S/C17H17BrN4O/c1-23-15-7-6-12(10-14(15)18)9-13(11-19)17-21-20-16-5-3-2-4-8-22(16)17/h6-7,9-10H,2-5,8H2,1H3/b13-9+. The second-order valence-electron chi connectivity index (χ2n) is 5.47. The van der Waals surface area contributed by atoms with Gasteiger partial charge < -0.3 is 9.30 Å². The van der Waals surface area contributed by atoms with Gasteiger partial charge in [-0.2, -0.15) is 5.26 Å². The van der Waals surface area contributed by atoms with E-state index in [1.165, 1.54) is 6.42 Å². The number of fused-ring (bicyclic) bond motifs is 1. The molecule has 1 aromatic carbocycles. The van der Waals surface area contributed by atoms with E-state index in [2.05, 4.69) is 36.8 Å². The molecule has 0 N–H and O–H groups in total. The SMILES string of the molecule is COc1ccc(/C=C(\C#N)c2nnc3n2CCCCC3)cc1Br. The van der Waals surface area contributed by atoms with Gasteiger partial charge in [0.05, 0.1) is 17.2 Å². The van der Waals surface area contributed by atoms with Crippen molar-refractivity contribution in [3.05, 3.63) is 39.9 Å². The number of aryl methyl sites for hydroxylation is 1. The van der Waals surface area contributed by atoms with Gasteiger partial charge in [0.2, 0.25) is 0 Å². The molecule has 0 fully saturated rings. The van der Waals surface area contributed by atoms with Gasteiger partial charge in [0.15, 0.2) is 5.82 Å². The maximum absolute atomic E-state index is 9.57. The number of hydrogen-bond donors (Lipinski definition) is 0. The van der Waals surface area contributed by atoms with Crippen LogP contribution in [0.15, 0.2) is 22.7 Å². The molecule has 23 heavy (non-hydrogen) atoms. The molecule has 0 bridgehead atoms. The lowest BCUT2D eigenvalue weighted by Crippen LogP contribution is -2.05. The predicted molar refractivity (Wildman–Crippen MR) is 91.8 cm³/mol. The van der Waals surface area contributed by atoms with E-state index in [1.54, 1.807) is 7.11 Å². The van der Waals surface area contributed by atoms with Gasteiger partial charge in [-0.15, -0.1) is 10.2 Å². The zero-order chi connectivity index (χ0) is 16.2. The quantitative estimate of drug-likeness (QED) is 0.767. The monoisotopic (exact) mass is 372 g/mol. The summed E-state index contributed by atoms with van der Waals surface area (Å²) in [6.45, 7) is 0.878. The molecule has 1 aliphatic rings. The van der Waals surface area contributed by atoms with E-state index in [0.717, 1.165) is 47.4 Å². The van der Waals surface area contributed by atoms with Crippen LogP contribution >= 0.6 is 15.9 Å². The first-order chi connectivity index (χ1) is 11.2. The van der Waals surface area contributed by atoms with Crippen molar-refractivity contribution >= 4 is 27.6 Å². The van der Waals surface area contributed by atoms with E-state index >= 15 is 0 Å². The molecule has 1 aromatic heterocycles. The molecule has 3 rings (SSSR count). The number of methoxy groups -OCH3 is 1. The molecular formula is C17H17BrN4O. The fourth-order valence-corrected chi connectivity index (χ4v) is 3.33. The molecular weight excluding hydrogens is 356 g/mol. The van der Waals surface area contributed by atoms with Gasteiger partial charge in [-0.05, 0) is 52.5 Å². The third-order valence-corrected chi connectivity index (χ3v) is 4.58. The van der Waals surface area contributed by atoms with Crippen molar-refractivity contribution < 1.29 is 4.74 Å². The van der Waals surface area contributed by atoms with Gasteiger partial charge >= 0.3 is 0 Å². The number of hydrogen-bond acceptors (Lipinski definition) is 4. The summed E-state index contributed by atoms with van der Waals surface area (Å²) in [5, 5.41) is 18.1. The molecule has 0 radical (unpaired) electrons. The largest absolute Gasteiger partial charge is 0.496 e. The Labute approximate surface area is 143 Å². The van der Waals surface area contributed by atoms with Gasteiger partial charge in [-0.3, -0.25) is 0 Å². The average molecular weight is 373 g/mol. The molecule has 2 heterocycles. The molecule has 0 saturated carbocycles. The molecule has 0 unspecified atom stereocenters. The number of allylic oxidation sites excluding steroid dienone is 1. The van der Waals surface area contributed by atoms with E-state index in [4.69, 9.17) is 4.74 Å². The molecule has 0 saturated heterocycles. The highest BCUT2D eigenvalue weighted by Crippen LogP contribution is 2.28. The minimum absolute atomic E-state index is 0.530. The highest BCUT2D eigenvalue weighted by molar-refractivity contribution is 9.10. The Hall–Kier alpha value is -2.13. The summed E-state index contributed by atoms with van der Waals surface area (Å²) in [6, 6.07) is 7.98. The highest BCUT2D eigenvalue weighted by Gasteiger charge is 2.17. The minimum atomic E-state index is 0.530. The van der Waals surface area contributed by atoms with E-state index < -0.39 is 0 Å². The van der Waals surface area contributed by atoms with Crippen molar-refractivity contribution in [3.8, 4) is 11.8 Å². The summed E-state index contributed by atoms with van der Waals surface area (Å²) in [5.74, 6) is 2.41. The number of halogens is 1. The number of rotatable bonds is 3. The van der Waals surface area contributed by atoms with Crippen LogP contribution in [0.25, 0.3) is 11.6 Å². The van der Waals surface area contributed by atoms with Crippen molar-refractivity contribution in [2.24, 2.45) is 0 Å². The minimum Gasteiger partial charge on any atom is -0.496 e. The molecule has 0 atom stereocenters. The lowest BCUT2D eigenvalue weighted by molar-refractivity contribution is 0.412. The van der Waals surface area contributed by atoms with Gasteiger partial charge in [0, 0.05) is 13.0 Å². The van der Waals surface area contributed by atoms with Crippen LogP contribution in [0.4, 0.5) is 0 Å². The van der Waals surface area contributed by atoms with Gasteiger partial charge in [0.25, 0.3) is 0 Å². The summed E-state index contributed by atoms with van der Waals surface area (Å²) >= 11 is 3.47. The molecule has 6 heteroatoms. The van der Waals surface area contributed by atoms with E-state index in [-0.39, 0.29) is 0 Å². The van der Waals surface area contributed by atoms with Crippen LogP contribution in [-0.4, -0.2) is 21.9 Å². The second kappa shape index (κ2) is 6.97. The maximum atomic E-state index is 9.57. The van der Waals surface area contributed by atoms with E-state index in [1.807, 2.05) is 24.3 Å². The molecule has 118 valence electrons. The van der Waals surface area contributed by atoms with Crippen LogP contribution in [0.1, 0.15) is 36.5 Å². The number of nitrogens with zero attached hydrogens (tertiary/aromatic N) is 4. The summed E-state index contributed by atoms with van der Waals surface area (Å²) < 4.78 is 8.17. The number of nitriles is 1. The van der Waals surface area contributed by atoms with Crippen molar-refractivity contribution in [1.29, 1.82) is 5.26 Å². The van der Waals surface area contributed by atoms with Crippen molar-refractivity contribution in [2.45, 2.75) is 32.2 Å².